The van der Waals surface area contributed by atoms with Crippen LogP contribution in [0, 0.1) is 0 Å². The lowest BCUT2D eigenvalue weighted by molar-refractivity contribution is -0.152. The summed E-state index contributed by atoms with van der Waals surface area (Å²) in [5.74, 6) is -1.23. The Morgan fingerprint density at radius 1 is 1.11 bits per heavy atom. The van der Waals surface area contributed by atoms with Crippen molar-refractivity contribution in [1.82, 2.24) is 10.2 Å². The van der Waals surface area contributed by atoms with E-state index in [0.717, 1.165) is 25.7 Å². The van der Waals surface area contributed by atoms with Crippen molar-refractivity contribution in [1.29, 1.82) is 0 Å². The number of likely N-dealkylation sites (tertiary alicyclic amines) is 1. The van der Waals surface area contributed by atoms with Gasteiger partial charge in [-0.15, -0.1) is 0 Å². The number of ether oxygens (including phenoxy) is 1. The topological polar surface area (TPSA) is 75.7 Å². The molecule has 1 aromatic rings. The van der Waals surface area contributed by atoms with E-state index in [9.17, 15) is 14.4 Å². The minimum absolute atomic E-state index is 0.172. The van der Waals surface area contributed by atoms with Crippen LogP contribution in [-0.4, -0.2) is 47.9 Å². The third-order valence-electron chi connectivity index (χ3n) is 5.01. The van der Waals surface area contributed by atoms with Crippen molar-refractivity contribution in [3.8, 4) is 0 Å². The molecule has 1 saturated heterocycles. The zero-order valence-electron chi connectivity index (χ0n) is 14.9. The summed E-state index contributed by atoms with van der Waals surface area (Å²) in [5.41, 5.74) is 0.253. The van der Waals surface area contributed by atoms with Gasteiger partial charge in [0.25, 0.3) is 11.8 Å². The molecule has 0 radical (unpaired) electrons. The van der Waals surface area contributed by atoms with Crippen LogP contribution in [0.1, 0.15) is 48.9 Å². The van der Waals surface area contributed by atoms with E-state index in [-0.39, 0.29) is 35.0 Å². The molecule has 0 bridgehead atoms. The number of carbonyl (C=O) groups is 3. The lowest BCUT2D eigenvalue weighted by Gasteiger charge is -2.24. The van der Waals surface area contributed by atoms with Gasteiger partial charge in [-0.3, -0.25) is 9.59 Å². The average molecular weight is 413 g/mol. The molecule has 0 spiro atoms. The Balaban J connectivity index is 1.58. The molecule has 1 heterocycles. The first-order chi connectivity index (χ1) is 13.0. The largest absolute Gasteiger partial charge is 0.454 e. The number of nitrogens with zero attached hydrogens (tertiary/aromatic N) is 1. The van der Waals surface area contributed by atoms with Gasteiger partial charge in [0, 0.05) is 17.6 Å². The zero-order valence-corrected chi connectivity index (χ0v) is 16.4. The van der Waals surface area contributed by atoms with Crippen LogP contribution < -0.4 is 5.32 Å². The molecule has 1 aromatic carbocycles. The van der Waals surface area contributed by atoms with Crippen molar-refractivity contribution in [3.63, 3.8) is 0 Å². The fraction of sp³-hybridized carbons (Fsp3) is 0.526. The first-order valence-electron chi connectivity index (χ1n) is 9.17. The van der Waals surface area contributed by atoms with Crippen molar-refractivity contribution in [3.05, 3.63) is 33.8 Å². The monoisotopic (exact) mass is 412 g/mol. The van der Waals surface area contributed by atoms with Gasteiger partial charge in [0.1, 0.15) is 6.04 Å². The molecule has 0 unspecified atom stereocenters. The SMILES string of the molecule is O=C(COC(=O)[C@H]1CCCN1C(=O)c1cc(Cl)ccc1Cl)NC1CCCC1. The normalized spacial score (nSPS) is 19.9. The van der Waals surface area contributed by atoms with Gasteiger partial charge < -0.3 is 15.0 Å². The lowest BCUT2D eigenvalue weighted by atomic mass is 10.1. The predicted molar refractivity (Wildman–Crippen MR) is 102 cm³/mol. The van der Waals surface area contributed by atoms with Gasteiger partial charge in [-0.05, 0) is 43.9 Å². The molecule has 6 nitrogen and oxygen atoms in total. The fourth-order valence-electron chi connectivity index (χ4n) is 3.64. The minimum atomic E-state index is -0.716. The number of halogens is 2. The maximum absolute atomic E-state index is 12.8. The van der Waals surface area contributed by atoms with Crippen molar-refractivity contribution >= 4 is 41.0 Å². The highest BCUT2D eigenvalue weighted by molar-refractivity contribution is 6.35. The van der Waals surface area contributed by atoms with E-state index in [2.05, 4.69) is 5.32 Å². The molecule has 8 heteroatoms. The molecule has 1 aliphatic heterocycles. The van der Waals surface area contributed by atoms with Gasteiger partial charge in [-0.2, -0.15) is 0 Å². The van der Waals surface area contributed by atoms with Crippen molar-refractivity contribution in [2.75, 3.05) is 13.2 Å². The van der Waals surface area contributed by atoms with E-state index < -0.39 is 12.0 Å². The second kappa shape index (κ2) is 8.93. The van der Waals surface area contributed by atoms with Crippen LogP contribution in [0.4, 0.5) is 0 Å². The molecule has 2 aliphatic rings. The van der Waals surface area contributed by atoms with E-state index in [4.69, 9.17) is 27.9 Å². The Bertz CT molecular complexity index is 734. The lowest BCUT2D eigenvalue weighted by Crippen LogP contribution is -2.43. The Hall–Kier alpha value is -1.79. The summed E-state index contributed by atoms with van der Waals surface area (Å²) in [7, 11) is 0. The summed E-state index contributed by atoms with van der Waals surface area (Å²) < 4.78 is 5.16. The molecule has 1 saturated carbocycles. The Morgan fingerprint density at radius 2 is 1.85 bits per heavy atom. The standard InChI is InChI=1S/C19H22Cl2N2O4/c20-12-7-8-15(21)14(10-12)18(25)23-9-3-6-16(23)19(26)27-11-17(24)22-13-4-1-2-5-13/h7-8,10,13,16H,1-6,9,11H2,(H,22,24)/t16-/m1/s1. The number of hydrogen-bond donors (Lipinski definition) is 1. The minimum Gasteiger partial charge on any atom is -0.454 e. The van der Waals surface area contributed by atoms with Gasteiger partial charge in [0.05, 0.1) is 10.6 Å². The fourth-order valence-corrected chi connectivity index (χ4v) is 4.01. The molecule has 27 heavy (non-hydrogen) atoms. The molecule has 2 fully saturated rings. The molecule has 0 aromatic heterocycles. The summed E-state index contributed by atoms with van der Waals surface area (Å²) >= 11 is 12.1. The molecule has 1 atom stereocenters. The zero-order chi connectivity index (χ0) is 19.4. The van der Waals surface area contributed by atoms with E-state index in [0.29, 0.717) is 24.4 Å². The van der Waals surface area contributed by atoms with Gasteiger partial charge in [0.2, 0.25) is 0 Å². The van der Waals surface area contributed by atoms with E-state index in [1.54, 1.807) is 12.1 Å². The highest BCUT2D eigenvalue weighted by atomic mass is 35.5. The number of nitrogens with one attached hydrogen (secondary N) is 1. The first kappa shape index (κ1) is 20.0. The molecule has 1 N–H and O–H groups in total. The number of carbonyl (C=O) groups excluding carboxylic acids is 3. The molecule has 146 valence electrons. The predicted octanol–water partition coefficient (Wildman–Crippen LogP) is 3.20. The Kier molecular flexibility index (Phi) is 6.60. The van der Waals surface area contributed by atoms with Crippen LogP contribution in [0.15, 0.2) is 18.2 Å². The summed E-state index contributed by atoms with van der Waals surface area (Å²) in [6.45, 7) is 0.0987. The maximum atomic E-state index is 12.8. The van der Waals surface area contributed by atoms with Gasteiger partial charge in [-0.1, -0.05) is 36.0 Å². The average Bonchev–Trinajstić information content (AvgIpc) is 3.33. The van der Waals surface area contributed by atoms with E-state index >= 15 is 0 Å². The summed E-state index contributed by atoms with van der Waals surface area (Å²) in [5, 5.41) is 3.54. The third-order valence-corrected chi connectivity index (χ3v) is 5.58. The molecule has 3 rings (SSSR count). The quantitative estimate of drug-likeness (QED) is 0.753. The van der Waals surface area contributed by atoms with Crippen LogP contribution in [0.3, 0.4) is 0 Å². The number of hydrogen-bond acceptors (Lipinski definition) is 4. The summed E-state index contributed by atoms with van der Waals surface area (Å²) in [6.07, 6.45) is 5.31. The Morgan fingerprint density at radius 3 is 2.59 bits per heavy atom. The molecular formula is C19H22Cl2N2O4. The highest BCUT2D eigenvalue weighted by Crippen LogP contribution is 2.26. The smallest absolute Gasteiger partial charge is 0.329 e. The third kappa shape index (κ3) is 4.93. The van der Waals surface area contributed by atoms with Gasteiger partial charge in [-0.25, -0.2) is 4.79 Å². The van der Waals surface area contributed by atoms with E-state index in [1.165, 1.54) is 11.0 Å². The maximum Gasteiger partial charge on any atom is 0.329 e. The number of benzene rings is 1. The summed E-state index contributed by atoms with van der Waals surface area (Å²) in [6, 6.07) is 4.09. The van der Waals surface area contributed by atoms with Crippen LogP contribution >= 0.6 is 23.2 Å². The number of amides is 2. The molecule has 1 aliphatic carbocycles. The number of rotatable bonds is 5. The highest BCUT2D eigenvalue weighted by Gasteiger charge is 2.36. The number of esters is 1. The van der Waals surface area contributed by atoms with E-state index in [1.807, 2.05) is 0 Å². The molecular weight excluding hydrogens is 391 g/mol. The van der Waals surface area contributed by atoms with Crippen LogP contribution in [0.2, 0.25) is 10.0 Å². The van der Waals surface area contributed by atoms with Crippen molar-refractivity contribution in [2.45, 2.75) is 50.6 Å². The van der Waals surface area contributed by atoms with Gasteiger partial charge >= 0.3 is 5.97 Å². The van der Waals surface area contributed by atoms with Crippen molar-refractivity contribution in [2.24, 2.45) is 0 Å². The van der Waals surface area contributed by atoms with Crippen LogP contribution in [0.5, 0.6) is 0 Å². The first-order valence-corrected chi connectivity index (χ1v) is 9.93. The van der Waals surface area contributed by atoms with Crippen LogP contribution in [-0.2, 0) is 14.3 Å². The van der Waals surface area contributed by atoms with Crippen LogP contribution in [0.25, 0.3) is 0 Å². The summed E-state index contributed by atoms with van der Waals surface area (Å²) in [4.78, 5) is 38.6. The Labute approximate surface area is 168 Å². The van der Waals surface area contributed by atoms with Crippen molar-refractivity contribution < 1.29 is 19.1 Å². The van der Waals surface area contributed by atoms with Gasteiger partial charge in [0.15, 0.2) is 6.61 Å². The molecule has 2 amide bonds. The second-order valence-electron chi connectivity index (χ2n) is 6.94. The second-order valence-corrected chi connectivity index (χ2v) is 7.78.